The number of hydrogen-bond donors (Lipinski definition) is 2. The molecule has 1 aliphatic rings. The van der Waals surface area contributed by atoms with Crippen LogP contribution >= 0.6 is 0 Å². The van der Waals surface area contributed by atoms with Crippen LogP contribution in [0.15, 0.2) is 53.4 Å². The van der Waals surface area contributed by atoms with Crippen molar-refractivity contribution in [2.75, 3.05) is 24.4 Å². The Hall–Kier alpha value is -2.58. The van der Waals surface area contributed by atoms with E-state index < -0.39 is 10.0 Å². The Balaban J connectivity index is 1.77. The second-order valence-corrected chi connectivity index (χ2v) is 8.07. The highest BCUT2D eigenvalue weighted by atomic mass is 32.2. The van der Waals surface area contributed by atoms with Gasteiger partial charge in [-0.15, -0.1) is 0 Å². The minimum Gasteiger partial charge on any atom is -0.494 e. The van der Waals surface area contributed by atoms with Crippen molar-refractivity contribution in [3.8, 4) is 5.75 Å². The molecule has 0 saturated carbocycles. The smallest absolute Gasteiger partial charge is 0.261 e. The number of anilines is 1. The summed E-state index contributed by atoms with van der Waals surface area (Å²) >= 11 is 0. The van der Waals surface area contributed by atoms with Crippen molar-refractivity contribution >= 4 is 21.6 Å². The Bertz CT molecular complexity index is 913. The van der Waals surface area contributed by atoms with Gasteiger partial charge in [0.25, 0.3) is 15.9 Å². The lowest BCUT2D eigenvalue weighted by atomic mass is 10.2. The number of nitrogens with two attached hydrogens (primary N) is 1. The summed E-state index contributed by atoms with van der Waals surface area (Å²) in [4.78, 5) is 14.3. The van der Waals surface area contributed by atoms with Crippen molar-refractivity contribution in [1.82, 2.24) is 4.90 Å². The van der Waals surface area contributed by atoms with E-state index in [9.17, 15) is 13.2 Å². The first kappa shape index (κ1) is 19.2. The second-order valence-electron chi connectivity index (χ2n) is 6.39. The average Bonchev–Trinajstić information content (AvgIpc) is 3.09. The molecule has 3 rings (SSSR count). The number of carbonyl (C=O) groups excluding carboxylic acids is 1. The van der Waals surface area contributed by atoms with E-state index >= 15 is 0 Å². The average molecular weight is 389 g/mol. The quantitative estimate of drug-likeness (QED) is 0.787. The summed E-state index contributed by atoms with van der Waals surface area (Å²) < 4.78 is 33.2. The highest BCUT2D eigenvalue weighted by Gasteiger charge is 2.25. The lowest BCUT2D eigenvalue weighted by Crippen LogP contribution is -2.32. The Kier molecular flexibility index (Phi) is 5.67. The van der Waals surface area contributed by atoms with Crippen LogP contribution in [0.25, 0.3) is 0 Å². The number of ether oxygens (including phenoxy) is 1. The number of sulfonamides is 1. The van der Waals surface area contributed by atoms with Crippen LogP contribution in [0.3, 0.4) is 0 Å². The van der Waals surface area contributed by atoms with Crippen LogP contribution < -0.4 is 15.2 Å². The van der Waals surface area contributed by atoms with Crippen LogP contribution in [0.2, 0.25) is 0 Å². The second kappa shape index (κ2) is 7.98. The van der Waals surface area contributed by atoms with Crippen molar-refractivity contribution in [3.05, 3.63) is 54.1 Å². The predicted molar refractivity (Wildman–Crippen MR) is 103 cm³/mol. The maximum Gasteiger partial charge on any atom is 0.261 e. The fourth-order valence-electron chi connectivity index (χ4n) is 2.95. The zero-order valence-corrected chi connectivity index (χ0v) is 15.9. The van der Waals surface area contributed by atoms with Gasteiger partial charge >= 0.3 is 0 Å². The van der Waals surface area contributed by atoms with Crippen molar-refractivity contribution in [2.24, 2.45) is 5.73 Å². The summed E-state index contributed by atoms with van der Waals surface area (Å²) in [6, 6.07) is 12.6. The monoisotopic (exact) mass is 389 g/mol. The zero-order chi connectivity index (χ0) is 19.4. The molecule has 3 N–H and O–H groups in total. The summed E-state index contributed by atoms with van der Waals surface area (Å²) in [5, 5.41) is 0. The van der Waals surface area contributed by atoms with Gasteiger partial charge in [0.15, 0.2) is 0 Å². The molecule has 8 heteroatoms. The van der Waals surface area contributed by atoms with E-state index in [0.29, 0.717) is 36.7 Å². The molecule has 0 bridgehead atoms. The molecule has 27 heavy (non-hydrogen) atoms. The third kappa shape index (κ3) is 4.58. The molecule has 7 nitrogen and oxygen atoms in total. The summed E-state index contributed by atoms with van der Waals surface area (Å²) in [5.74, 6) is 0.456. The third-order valence-electron chi connectivity index (χ3n) is 4.32. The van der Waals surface area contributed by atoms with E-state index in [1.165, 1.54) is 12.1 Å². The van der Waals surface area contributed by atoms with E-state index in [4.69, 9.17) is 10.5 Å². The minimum atomic E-state index is -3.82. The highest BCUT2D eigenvalue weighted by molar-refractivity contribution is 7.92. The topological polar surface area (TPSA) is 102 Å². The molecule has 0 unspecified atom stereocenters. The number of benzene rings is 2. The van der Waals surface area contributed by atoms with Gasteiger partial charge in [0.05, 0.1) is 11.5 Å². The predicted octanol–water partition coefficient (Wildman–Crippen LogP) is 2.06. The molecule has 2 aromatic rings. The summed E-state index contributed by atoms with van der Waals surface area (Å²) in [5.41, 5.74) is 6.60. The largest absolute Gasteiger partial charge is 0.494 e. The molecule has 1 amide bonds. The van der Waals surface area contributed by atoms with E-state index in [0.717, 1.165) is 6.42 Å². The molecule has 1 heterocycles. The first-order valence-corrected chi connectivity index (χ1v) is 10.3. The Morgan fingerprint density at radius 3 is 2.63 bits per heavy atom. The molecular formula is C19H23N3O4S. The molecule has 1 aliphatic heterocycles. The van der Waals surface area contributed by atoms with Crippen LogP contribution in [-0.2, 0) is 10.0 Å². The van der Waals surface area contributed by atoms with Crippen molar-refractivity contribution in [3.63, 3.8) is 0 Å². The van der Waals surface area contributed by atoms with Crippen LogP contribution in [0.4, 0.5) is 5.69 Å². The molecule has 0 aliphatic carbocycles. The number of hydrogen-bond acceptors (Lipinski definition) is 5. The lowest BCUT2D eigenvalue weighted by molar-refractivity contribution is 0.0790. The number of likely N-dealkylation sites (tertiary alicyclic amines) is 1. The molecule has 144 valence electrons. The maximum absolute atomic E-state index is 12.7. The van der Waals surface area contributed by atoms with E-state index in [2.05, 4.69) is 4.72 Å². The molecule has 1 atom stereocenters. The van der Waals surface area contributed by atoms with Gasteiger partial charge in [-0.05, 0) is 55.8 Å². The van der Waals surface area contributed by atoms with Gasteiger partial charge in [-0.1, -0.05) is 6.07 Å². The fourth-order valence-corrected chi connectivity index (χ4v) is 4.05. The van der Waals surface area contributed by atoms with Gasteiger partial charge in [0.1, 0.15) is 5.75 Å². The van der Waals surface area contributed by atoms with Crippen molar-refractivity contribution in [1.29, 1.82) is 0 Å². The third-order valence-corrected chi connectivity index (χ3v) is 5.70. The van der Waals surface area contributed by atoms with Gasteiger partial charge in [0.2, 0.25) is 0 Å². The number of rotatable bonds is 6. The molecule has 1 fully saturated rings. The maximum atomic E-state index is 12.7. The van der Waals surface area contributed by atoms with Crippen LogP contribution in [0, 0.1) is 0 Å². The van der Waals surface area contributed by atoms with Crippen LogP contribution in [0.1, 0.15) is 23.7 Å². The number of nitrogens with one attached hydrogen (secondary N) is 1. The summed E-state index contributed by atoms with van der Waals surface area (Å²) in [6.45, 7) is 3.48. The Morgan fingerprint density at radius 1 is 1.26 bits per heavy atom. The Labute approximate surface area is 159 Å². The van der Waals surface area contributed by atoms with Gasteiger partial charge in [-0.3, -0.25) is 9.52 Å². The van der Waals surface area contributed by atoms with Gasteiger partial charge in [-0.2, -0.15) is 0 Å². The normalized spacial score (nSPS) is 17.0. The molecule has 0 radical (unpaired) electrons. The van der Waals surface area contributed by atoms with E-state index in [1.54, 1.807) is 41.3 Å². The molecule has 1 saturated heterocycles. The van der Waals surface area contributed by atoms with Crippen LogP contribution in [0.5, 0.6) is 5.75 Å². The summed E-state index contributed by atoms with van der Waals surface area (Å²) in [6.07, 6.45) is 0.753. The fraction of sp³-hybridized carbons (Fsp3) is 0.316. The molecule has 0 aromatic heterocycles. The molecular weight excluding hydrogens is 366 g/mol. The number of amides is 1. The highest BCUT2D eigenvalue weighted by Crippen LogP contribution is 2.21. The first-order valence-electron chi connectivity index (χ1n) is 8.79. The molecule has 0 spiro atoms. The standard InChI is InChI=1S/C19H23N3O4S/c1-2-26-17-8-6-16(7-9-17)21-27(24,25)18-5-3-4-14(12-18)19(23)22-11-10-15(20)13-22/h3-9,12,15,21H,2,10-11,13,20H2,1H3/t15-/m1/s1. The lowest BCUT2D eigenvalue weighted by Gasteiger charge is -2.16. The van der Waals surface area contributed by atoms with Gasteiger partial charge in [0, 0.05) is 30.4 Å². The zero-order valence-electron chi connectivity index (χ0n) is 15.1. The molecule has 2 aromatic carbocycles. The number of carbonyl (C=O) groups is 1. The van der Waals surface area contributed by atoms with Gasteiger partial charge in [-0.25, -0.2) is 8.42 Å². The first-order chi connectivity index (χ1) is 12.9. The summed E-state index contributed by atoms with van der Waals surface area (Å²) in [7, 11) is -3.82. The Morgan fingerprint density at radius 2 is 2.00 bits per heavy atom. The van der Waals surface area contributed by atoms with Crippen molar-refractivity contribution < 1.29 is 17.9 Å². The van der Waals surface area contributed by atoms with Crippen molar-refractivity contribution in [2.45, 2.75) is 24.3 Å². The van der Waals surface area contributed by atoms with E-state index in [-0.39, 0.29) is 16.8 Å². The minimum absolute atomic E-state index is 0.0257. The van der Waals surface area contributed by atoms with Gasteiger partial charge < -0.3 is 15.4 Å². The van der Waals surface area contributed by atoms with Crippen LogP contribution in [-0.4, -0.2) is 45.0 Å². The SMILES string of the molecule is CCOc1ccc(NS(=O)(=O)c2cccc(C(=O)N3CC[C@@H](N)C3)c2)cc1. The van der Waals surface area contributed by atoms with E-state index in [1.807, 2.05) is 6.92 Å². The number of nitrogens with zero attached hydrogens (tertiary/aromatic N) is 1.